The first kappa shape index (κ1) is 8.87. The van der Waals surface area contributed by atoms with Gasteiger partial charge in [-0.1, -0.05) is 0 Å². The number of ether oxygens (including phenoxy) is 2. The molecule has 0 radical (unpaired) electrons. The maximum Gasteiger partial charge on any atom is 0.260 e. The molecular weight excluding hydrogens is 182 g/mol. The fourth-order valence-electron chi connectivity index (χ4n) is 1.19. The molecule has 0 aliphatic carbocycles. The van der Waals surface area contributed by atoms with Crippen molar-refractivity contribution in [3.8, 4) is 5.75 Å². The SMILES string of the molecule is CCOc1ccc(C2=NOCO2)cc1. The number of nitrogens with zero attached hydrogens (tertiary/aromatic N) is 1. The molecule has 2 rings (SSSR count). The van der Waals surface area contributed by atoms with E-state index in [0.717, 1.165) is 11.3 Å². The van der Waals surface area contributed by atoms with Gasteiger partial charge < -0.3 is 14.3 Å². The van der Waals surface area contributed by atoms with E-state index in [1.54, 1.807) is 0 Å². The minimum atomic E-state index is 0.197. The Bertz CT molecular complexity index is 332. The van der Waals surface area contributed by atoms with Crippen molar-refractivity contribution < 1.29 is 14.3 Å². The summed E-state index contributed by atoms with van der Waals surface area (Å²) in [5.41, 5.74) is 0.894. The fourth-order valence-corrected chi connectivity index (χ4v) is 1.19. The molecule has 0 amide bonds. The predicted molar refractivity (Wildman–Crippen MR) is 51.2 cm³/mol. The molecule has 0 atom stereocenters. The normalized spacial score (nSPS) is 14.2. The molecule has 14 heavy (non-hydrogen) atoms. The van der Waals surface area contributed by atoms with Crippen molar-refractivity contribution in [3.63, 3.8) is 0 Å². The Kier molecular flexibility index (Phi) is 2.53. The highest BCUT2D eigenvalue weighted by Gasteiger charge is 2.11. The van der Waals surface area contributed by atoms with Gasteiger partial charge in [-0.3, -0.25) is 0 Å². The standard InChI is InChI=1S/C10H11NO3/c1-2-12-9-5-3-8(4-6-9)10-11-14-7-13-10/h3-6H,2,7H2,1H3. The quantitative estimate of drug-likeness (QED) is 0.734. The summed E-state index contributed by atoms with van der Waals surface area (Å²) in [5, 5.41) is 3.74. The third kappa shape index (κ3) is 1.79. The molecule has 0 fully saturated rings. The predicted octanol–water partition coefficient (Wildman–Crippen LogP) is 1.75. The van der Waals surface area contributed by atoms with Crippen LogP contribution < -0.4 is 4.74 Å². The van der Waals surface area contributed by atoms with E-state index in [9.17, 15) is 0 Å². The van der Waals surface area contributed by atoms with E-state index >= 15 is 0 Å². The Morgan fingerprint density at radius 3 is 2.71 bits per heavy atom. The summed E-state index contributed by atoms with van der Waals surface area (Å²) in [7, 11) is 0. The van der Waals surface area contributed by atoms with Gasteiger partial charge in [-0.25, -0.2) is 0 Å². The van der Waals surface area contributed by atoms with E-state index in [2.05, 4.69) is 5.16 Å². The Balaban J connectivity index is 2.13. The highest BCUT2D eigenvalue weighted by Crippen LogP contribution is 2.14. The van der Waals surface area contributed by atoms with Gasteiger partial charge in [0.1, 0.15) is 5.75 Å². The number of rotatable bonds is 3. The van der Waals surface area contributed by atoms with E-state index < -0.39 is 0 Å². The zero-order valence-electron chi connectivity index (χ0n) is 7.90. The van der Waals surface area contributed by atoms with Crippen molar-refractivity contribution in [2.24, 2.45) is 5.16 Å². The van der Waals surface area contributed by atoms with Gasteiger partial charge in [0.25, 0.3) is 12.7 Å². The van der Waals surface area contributed by atoms with E-state index in [4.69, 9.17) is 14.3 Å². The van der Waals surface area contributed by atoms with Crippen LogP contribution in [0.25, 0.3) is 0 Å². The second-order valence-electron chi connectivity index (χ2n) is 2.75. The summed E-state index contributed by atoms with van der Waals surface area (Å²) in [6.07, 6.45) is 0. The minimum absolute atomic E-state index is 0.197. The van der Waals surface area contributed by atoms with Crippen molar-refractivity contribution in [2.45, 2.75) is 6.92 Å². The summed E-state index contributed by atoms with van der Waals surface area (Å²) in [6, 6.07) is 7.53. The summed E-state index contributed by atoms with van der Waals surface area (Å²) in [6.45, 7) is 2.81. The van der Waals surface area contributed by atoms with Crippen LogP contribution in [0.1, 0.15) is 12.5 Å². The van der Waals surface area contributed by atoms with Crippen molar-refractivity contribution >= 4 is 5.90 Å². The lowest BCUT2D eigenvalue weighted by Crippen LogP contribution is -2.00. The second-order valence-corrected chi connectivity index (χ2v) is 2.75. The van der Waals surface area contributed by atoms with Crippen molar-refractivity contribution in [2.75, 3.05) is 13.4 Å². The van der Waals surface area contributed by atoms with Gasteiger partial charge in [-0.05, 0) is 36.3 Å². The Labute approximate surface area is 82.1 Å². The van der Waals surface area contributed by atoms with Crippen LogP contribution in [0.3, 0.4) is 0 Å². The molecule has 1 aromatic rings. The molecule has 1 aliphatic heterocycles. The van der Waals surface area contributed by atoms with E-state index in [-0.39, 0.29) is 6.79 Å². The van der Waals surface area contributed by atoms with Gasteiger partial charge in [0.15, 0.2) is 0 Å². The first-order chi connectivity index (χ1) is 6.90. The molecule has 1 aromatic carbocycles. The van der Waals surface area contributed by atoms with E-state index in [0.29, 0.717) is 12.5 Å². The summed E-state index contributed by atoms with van der Waals surface area (Å²) in [5.74, 6) is 1.36. The molecule has 0 N–H and O–H groups in total. The Hall–Kier alpha value is -1.71. The first-order valence-electron chi connectivity index (χ1n) is 4.46. The van der Waals surface area contributed by atoms with Crippen LogP contribution in [0.5, 0.6) is 5.75 Å². The second kappa shape index (κ2) is 4.00. The van der Waals surface area contributed by atoms with Crippen LogP contribution in [0.15, 0.2) is 29.4 Å². The Morgan fingerprint density at radius 1 is 1.36 bits per heavy atom. The van der Waals surface area contributed by atoms with Crippen LogP contribution in [0.2, 0.25) is 0 Å². The first-order valence-corrected chi connectivity index (χ1v) is 4.46. The average molecular weight is 193 g/mol. The largest absolute Gasteiger partial charge is 0.494 e. The van der Waals surface area contributed by atoms with Gasteiger partial charge in [0.05, 0.1) is 6.61 Å². The number of hydrogen-bond acceptors (Lipinski definition) is 4. The number of oxime groups is 1. The zero-order chi connectivity index (χ0) is 9.80. The molecular formula is C10H11NO3. The third-order valence-electron chi connectivity index (χ3n) is 1.81. The lowest BCUT2D eigenvalue weighted by molar-refractivity contribution is 0.0583. The molecule has 0 aromatic heterocycles. The van der Waals surface area contributed by atoms with Gasteiger partial charge >= 0.3 is 0 Å². The zero-order valence-corrected chi connectivity index (χ0v) is 7.90. The molecule has 1 heterocycles. The van der Waals surface area contributed by atoms with E-state index in [1.807, 2.05) is 31.2 Å². The molecule has 4 heteroatoms. The van der Waals surface area contributed by atoms with Crippen LogP contribution in [0, 0.1) is 0 Å². The topological polar surface area (TPSA) is 40.0 Å². The minimum Gasteiger partial charge on any atom is -0.494 e. The molecule has 0 unspecified atom stereocenters. The summed E-state index contributed by atoms with van der Waals surface area (Å²) >= 11 is 0. The highest BCUT2D eigenvalue weighted by atomic mass is 16.8. The van der Waals surface area contributed by atoms with Gasteiger partial charge in [0, 0.05) is 5.56 Å². The molecule has 4 nitrogen and oxygen atoms in total. The monoisotopic (exact) mass is 193 g/mol. The Morgan fingerprint density at radius 2 is 2.14 bits per heavy atom. The smallest absolute Gasteiger partial charge is 0.260 e. The van der Waals surface area contributed by atoms with E-state index in [1.165, 1.54) is 0 Å². The molecule has 0 bridgehead atoms. The van der Waals surface area contributed by atoms with Crippen molar-refractivity contribution in [1.82, 2.24) is 0 Å². The summed E-state index contributed by atoms with van der Waals surface area (Å²) in [4.78, 5) is 4.72. The van der Waals surface area contributed by atoms with Crippen LogP contribution >= 0.6 is 0 Å². The van der Waals surface area contributed by atoms with Gasteiger partial charge in [0.2, 0.25) is 0 Å². The molecule has 1 aliphatic rings. The van der Waals surface area contributed by atoms with Gasteiger partial charge in [-0.2, -0.15) is 0 Å². The van der Waals surface area contributed by atoms with Crippen LogP contribution in [-0.4, -0.2) is 19.3 Å². The summed E-state index contributed by atoms with van der Waals surface area (Å²) < 4.78 is 10.4. The lowest BCUT2D eigenvalue weighted by Gasteiger charge is -2.03. The van der Waals surface area contributed by atoms with Crippen molar-refractivity contribution in [3.05, 3.63) is 29.8 Å². The number of benzene rings is 1. The molecule has 0 saturated carbocycles. The lowest BCUT2D eigenvalue weighted by atomic mass is 10.2. The van der Waals surface area contributed by atoms with Crippen molar-refractivity contribution in [1.29, 1.82) is 0 Å². The average Bonchev–Trinajstić information content (AvgIpc) is 2.72. The molecule has 0 spiro atoms. The maximum atomic E-state index is 5.31. The maximum absolute atomic E-state index is 5.31. The highest BCUT2D eigenvalue weighted by molar-refractivity contribution is 5.94. The van der Waals surface area contributed by atoms with Crippen LogP contribution in [-0.2, 0) is 9.57 Å². The molecule has 0 saturated heterocycles. The third-order valence-corrected chi connectivity index (χ3v) is 1.81. The number of hydrogen-bond donors (Lipinski definition) is 0. The van der Waals surface area contributed by atoms with Gasteiger partial charge in [-0.15, -0.1) is 0 Å². The van der Waals surface area contributed by atoms with Crippen LogP contribution in [0.4, 0.5) is 0 Å². The molecule has 74 valence electrons. The fraction of sp³-hybridized carbons (Fsp3) is 0.300.